The fourth-order valence-electron chi connectivity index (χ4n) is 1.65. The van der Waals surface area contributed by atoms with Gasteiger partial charge in [0.1, 0.15) is 5.75 Å². The van der Waals surface area contributed by atoms with Crippen LogP contribution in [0.1, 0.15) is 5.56 Å². The van der Waals surface area contributed by atoms with Gasteiger partial charge in [0.05, 0.1) is 23.9 Å². The molecule has 1 heterocycles. The highest BCUT2D eigenvalue weighted by Crippen LogP contribution is 2.22. The number of anilines is 2. The first-order chi connectivity index (χ1) is 9.60. The zero-order chi connectivity index (χ0) is 14.5. The molecule has 0 saturated heterocycles. The van der Waals surface area contributed by atoms with Gasteiger partial charge in [0.2, 0.25) is 5.82 Å². The summed E-state index contributed by atoms with van der Waals surface area (Å²) in [7, 11) is 1.60. The molecular formula is C13H14N4O3. The molecule has 1 aromatic heterocycles. The van der Waals surface area contributed by atoms with Gasteiger partial charge in [-0.2, -0.15) is 0 Å². The lowest BCUT2D eigenvalue weighted by molar-refractivity contribution is -0.384. The van der Waals surface area contributed by atoms with Crippen molar-refractivity contribution in [1.82, 2.24) is 4.98 Å². The van der Waals surface area contributed by atoms with Gasteiger partial charge in [-0.25, -0.2) is 4.98 Å². The Labute approximate surface area is 115 Å². The Morgan fingerprint density at radius 3 is 2.70 bits per heavy atom. The fourth-order valence-corrected chi connectivity index (χ4v) is 1.65. The van der Waals surface area contributed by atoms with E-state index in [1.165, 1.54) is 12.3 Å². The Morgan fingerprint density at radius 1 is 1.40 bits per heavy atom. The zero-order valence-electron chi connectivity index (χ0n) is 10.9. The minimum Gasteiger partial charge on any atom is -0.497 e. The van der Waals surface area contributed by atoms with Crippen molar-refractivity contribution < 1.29 is 9.66 Å². The number of benzene rings is 1. The highest BCUT2D eigenvalue weighted by molar-refractivity contribution is 5.60. The normalized spacial score (nSPS) is 10.1. The van der Waals surface area contributed by atoms with E-state index < -0.39 is 4.92 Å². The number of pyridine rings is 1. The average Bonchev–Trinajstić information content (AvgIpc) is 2.46. The van der Waals surface area contributed by atoms with E-state index in [1.807, 2.05) is 24.3 Å². The Kier molecular flexibility index (Phi) is 3.99. The molecule has 0 aliphatic rings. The van der Waals surface area contributed by atoms with Crippen LogP contribution >= 0.6 is 0 Å². The smallest absolute Gasteiger partial charge is 0.313 e. The minimum absolute atomic E-state index is 0.0926. The second-order valence-corrected chi connectivity index (χ2v) is 4.09. The summed E-state index contributed by atoms with van der Waals surface area (Å²) in [4.78, 5) is 14.0. The number of nitrogens with two attached hydrogens (primary N) is 1. The van der Waals surface area contributed by atoms with Gasteiger partial charge in [0.25, 0.3) is 0 Å². The Morgan fingerprint density at radius 2 is 2.10 bits per heavy atom. The van der Waals surface area contributed by atoms with Crippen molar-refractivity contribution in [2.24, 2.45) is 0 Å². The van der Waals surface area contributed by atoms with E-state index in [9.17, 15) is 10.1 Å². The first-order valence-electron chi connectivity index (χ1n) is 5.87. The van der Waals surface area contributed by atoms with E-state index in [4.69, 9.17) is 10.5 Å². The topological polar surface area (TPSA) is 103 Å². The lowest BCUT2D eigenvalue weighted by Gasteiger charge is -2.07. The molecular weight excluding hydrogens is 260 g/mol. The lowest BCUT2D eigenvalue weighted by atomic mass is 10.2. The summed E-state index contributed by atoms with van der Waals surface area (Å²) < 4.78 is 5.07. The molecule has 0 spiro atoms. The van der Waals surface area contributed by atoms with Crippen LogP contribution in [0.5, 0.6) is 5.75 Å². The van der Waals surface area contributed by atoms with Crippen molar-refractivity contribution in [2.75, 3.05) is 18.2 Å². The monoisotopic (exact) mass is 274 g/mol. The van der Waals surface area contributed by atoms with Crippen LogP contribution in [0.25, 0.3) is 0 Å². The fraction of sp³-hybridized carbons (Fsp3) is 0.154. The van der Waals surface area contributed by atoms with Gasteiger partial charge in [0.15, 0.2) is 0 Å². The SMILES string of the molecule is COc1ccc(CNc2cnc(N)c([N+](=O)[O-])c2)cc1. The van der Waals surface area contributed by atoms with Crippen molar-refractivity contribution >= 4 is 17.2 Å². The van der Waals surface area contributed by atoms with Crippen LogP contribution in [0.4, 0.5) is 17.2 Å². The van der Waals surface area contributed by atoms with E-state index in [-0.39, 0.29) is 11.5 Å². The molecule has 20 heavy (non-hydrogen) atoms. The molecule has 2 rings (SSSR count). The molecule has 0 amide bonds. The number of nitro groups is 1. The van der Waals surface area contributed by atoms with Gasteiger partial charge in [-0.1, -0.05) is 12.1 Å². The highest BCUT2D eigenvalue weighted by atomic mass is 16.6. The lowest BCUT2D eigenvalue weighted by Crippen LogP contribution is -2.03. The molecule has 0 radical (unpaired) electrons. The third-order valence-electron chi connectivity index (χ3n) is 2.75. The quantitative estimate of drug-likeness (QED) is 0.640. The van der Waals surface area contributed by atoms with E-state index in [0.717, 1.165) is 11.3 Å². The van der Waals surface area contributed by atoms with Gasteiger partial charge in [0, 0.05) is 12.6 Å². The average molecular weight is 274 g/mol. The summed E-state index contributed by atoms with van der Waals surface area (Å²) >= 11 is 0. The first-order valence-corrected chi connectivity index (χ1v) is 5.87. The molecule has 7 heteroatoms. The summed E-state index contributed by atoms with van der Waals surface area (Å²) in [6.07, 6.45) is 1.46. The Hall–Kier alpha value is -2.83. The molecule has 3 N–H and O–H groups in total. The third kappa shape index (κ3) is 3.14. The number of hydrogen-bond acceptors (Lipinski definition) is 6. The van der Waals surface area contributed by atoms with Gasteiger partial charge >= 0.3 is 5.69 Å². The highest BCUT2D eigenvalue weighted by Gasteiger charge is 2.13. The maximum absolute atomic E-state index is 10.8. The van der Waals surface area contributed by atoms with Crippen molar-refractivity contribution in [3.05, 3.63) is 52.2 Å². The Balaban J connectivity index is 2.06. The summed E-state index contributed by atoms with van der Waals surface area (Å²) in [5.41, 5.74) is 6.79. The van der Waals surface area contributed by atoms with Crippen LogP contribution in [0.3, 0.4) is 0 Å². The van der Waals surface area contributed by atoms with Gasteiger partial charge in [-0.15, -0.1) is 0 Å². The predicted molar refractivity (Wildman–Crippen MR) is 75.6 cm³/mol. The number of rotatable bonds is 5. The van der Waals surface area contributed by atoms with Crippen LogP contribution in [-0.4, -0.2) is 17.0 Å². The number of nitrogens with zero attached hydrogens (tertiary/aromatic N) is 2. The second-order valence-electron chi connectivity index (χ2n) is 4.09. The van der Waals surface area contributed by atoms with Crippen molar-refractivity contribution in [2.45, 2.75) is 6.54 Å². The zero-order valence-corrected chi connectivity index (χ0v) is 10.9. The molecule has 0 saturated carbocycles. The van der Waals surface area contributed by atoms with Gasteiger partial charge < -0.3 is 15.8 Å². The van der Waals surface area contributed by atoms with Crippen molar-refractivity contribution in [3.8, 4) is 5.75 Å². The minimum atomic E-state index is -0.555. The van der Waals surface area contributed by atoms with E-state index in [1.54, 1.807) is 7.11 Å². The Bertz CT molecular complexity index is 614. The summed E-state index contributed by atoms with van der Waals surface area (Å²) in [5.74, 6) is 0.684. The van der Waals surface area contributed by atoms with E-state index in [2.05, 4.69) is 10.3 Å². The second kappa shape index (κ2) is 5.87. The summed E-state index contributed by atoms with van der Waals surface area (Å²) in [5, 5.41) is 13.8. The van der Waals surface area contributed by atoms with Gasteiger partial charge in [-0.3, -0.25) is 10.1 Å². The molecule has 7 nitrogen and oxygen atoms in total. The molecule has 0 aliphatic carbocycles. The summed E-state index contributed by atoms with van der Waals surface area (Å²) in [6.45, 7) is 0.521. The standard InChI is InChI=1S/C13H14N4O3/c1-20-11-4-2-9(3-5-11)7-15-10-6-12(17(18)19)13(14)16-8-10/h2-6,8,15H,7H2,1H3,(H2,14,16). The van der Waals surface area contributed by atoms with Crippen molar-refractivity contribution in [3.63, 3.8) is 0 Å². The first kappa shape index (κ1) is 13.6. The molecule has 1 aromatic carbocycles. The molecule has 0 aliphatic heterocycles. The van der Waals surface area contributed by atoms with E-state index >= 15 is 0 Å². The number of nitrogen functional groups attached to an aromatic ring is 1. The number of methoxy groups -OCH3 is 1. The number of nitrogens with one attached hydrogen (secondary N) is 1. The molecule has 0 atom stereocenters. The molecule has 0 bridgehead atoms. The number of ether oxygens (including phenoxy) is 1. The summed E-state index contributed by atoms with van der Waals surface area (Å²) in [6, 6.07) is 8.88. The van der Waals surface area contributed by atoms with Crippen LogP contribution in [0.15, 0.2) is 36.5 Å². The maximum atomic E-state index is 10.8. The molecule has 2 aromatic rings. The van der Waals surface area contributed by atoms with Crippen LogP contribution in [0, 0.1) is 10.1 Å². The molecule has 104 valence electrons. The maximum Gasteiger partial charge on any atom is 0.313 e. The number of hydrogen-bond donors (Lipinski definition) is 2. The predicted octanol–water partition coefficient (Wildman–Crippen LogP) is 2.19. The van der Waals surface area contributed by atoms with Crippen LogP contribution in [0.2, 0.25) is 0 Å². The number of aromatic nitrogens is 1. The van der Waals surface area contributed by atoms with E-state index in [0.29, 0.717) is 12.2 Å². The molecule has 0 unspecified atom stereocenters. The van der Waals surface area contributed by atoms with Crippen LogP contribution < -0.4 is 15.8 Å². The van der Waals surface area contributed by atoms with Gasteiger partial charge in [-0.05, 0) is 17.7 Å². The van der Waals surface area contributed by atoms with Crippen molar-refractivity contribution in [1.29, 1.82) is 0 Å². The molecule has 0 fully saturated rings. The van der Waals surface area contributed by atoms with Crippen LogP contribution in [-0.2, 0) is 6.54 Å². The third-order valence-corrected chi connectivity index (χ3v) is 2.75. The largest absolute Gasteiger partial charge is 0.497 e.